The number of nitrogens with zero attached hydrogens (tertiary/aromatic N) is 2. The van der Waals surface area contributed by atoms with E-state index >= 15 is 0 Å². The minimum absolute atomic E-state index is 0.0311. The zero-order chi connectivity index (χ0) is 21.4. The molecule has 0 saturated heterocycles. The Morgan fingerprint density at radius 1 is 1.28 bits per heavy atom. The number of ether oxygens (including phenoxy) is 3. The molecule has 2 rings (SSSR count). The average molecular weight is 403 g/mol. The van der Waals surface area contributed by atoms with Crippen LogP contribution in [-0.2, 0) is 4.74 Å². The predicted octanol–water partition coefficient (Wildman–Crippen LogP) is 5.31. The molecule has 0 unspecified atom stereocenters. The molecule has 0 spiro atoms. The number of benzene rings is 1. The van der Waals surface area contributed by atoms with Crippen molar-refractivity contribution in [2.24, 2.45) is 0 Å². The van der Waals surface area contributed by atoms with Crippen LogP contribution in [0.2, 0.25) is 0 Å². The molecule has 1 heterocycles. The Bertz CT molecular complexity index is 864. The zero-order valence-corrected chi connectivity index (χ0v) is 16.9. The third-order valence-electron chi connectivity index (χ3n) is 3.47. The molecule has 0 saturated carbocycles. The molecule has 0 fully saturated rings. The van der Waals surface area contributed by atoms with Crippen molar-refractivity contribution in [3.8, 4) is 17.2 Å². The molecule has 0 aliphatic rings. The number of carbonyl (C=O) groups excluding carboxylic acids is 1. The quantitative estimate of drug-likeness (QED) is 0.361. The highest BCUT2D eigenvalue weighted by atomic mass is 16.6. The molecular formula is C20H25N3O6. The summed E-state index contributed by atoms with van der Waals surface area (Å²) in [5, 5.41) is 13.9. The summed E-state index contributed by atoms with van der Waals surface area (Å²) >= 11 is 0. The van der Waals surface area contributed by atoms with E-state index in [0.717, 1.165) is 12.8 Å². The topological polar surface area (TPSA) is 113 Å². The van der Waals surface area contributed by atoms with Crippen LogP contribution in [0.3, 0.4) is 0 Å². The first-order chi connectivity index (χ1) is 13.7. The van der Waals surface area contributed by atoms with Gasteiger partial charge in [0.25, 0.3) is 5.75 Å². The second-order valence-corrected chi connectivity index (χ2v) is 7.18. The van der Waals surface area contributed by atoms with Gasteiger partial charge in [-0.3, -0.25) is 5.32 Å². The normalized spacial score (nSPS) is 10.9. The van der Waals surface area contributed by atoms with Crippen molar-refractivity contribution >= 4 is 17.6 Å². The van der Waals surface area contributed by atoms with E-state index in [0.29, 0.717) is 18.0 Å². The lowest BCUT2D eigenvalue weighted by Gasteiger charge is -2.19. The number of anilines is 1. The van der Waals surface area contributed by atoms with E-state index in [-0.39, 0.29) is 11.5 Å². The molecule has 156 valence electrons. The number of nitro groups is 1. The monoisotopic (exact) mass is 403 g/mol. The molecule has 1 aromatic heterocycles. The molecule has 1 aromatic carbocycles. The van der Waals surface area contributed by atoms with Crippen molar-refractivity contribution in [3.05, 3.63) is 46.6 Å². The molecule has 0 atom stereocenters. The van der Waals surface area contributed by atoms with Crippen molar-refractivity contribution in [1.29, 1.82) is 0 Å². The summed E-state index contributed by atoms with van der Waals surface area (Å²) in [6, 6.07) is 8.07. The van der Waals surface area contributed by atoms with Gasteiger partial charge < -0.3 is 24.3 Å². The van der Waals surface area contributed by atoms with Gasteiger partial charge in [-0.05, 0) is 49.2 Å². The fourth-order valence-electron chi connectivity index (χ4n) is 2.27. The van der Waals surface area contributed by atoms with Crippen LogP contribution >= 0.6 is 0 Å². The fraction of sp³-hybridized carbons (Fsp3) is 0.400. The third-order valence-corrected chi connectivity index (χ3v) is 3.47. The van der Waals surface area contributed by atoms with Crippen molar-refractivity contribution in [2.75, 3.05) is 11.9 Å². The van der Waals surface area contributed by atoms with E-state index in [1.807, 2.05) is 6.92 Å². The van der Waals surface area contributed by atoms with E-state index in [9.17, 15) is 14.9 Å². The van der Waals surface area contributed by atoms with Crippen LogP contribution in [0, 0.1) is 10.1 Å². The second kappa shape index (κ2) is 9.72. The van der Waals surface area contributed by atoms with Gasteiger partial charge in [0.2, 0.25) is 0 Å². The number of unbranched alkanes of at least 4 members (excludes halogenated alkanes) is 1. The molecule has 0 aliphatic heterocycles. The van der Waals surface area contributed by atoms with Crippen LogP contribution in [0.25, 0.3) is 0 Å². The van der Waals surface area contributed by atoms with Crippen LogP contribution in [0.5, 0.6) is 17.2 Å². The van der Waals surface area contributed by atoms with Crippen molar-refractivity contribution < 1.29 is 23.9 Å². The zero-order valence-electron chi connectivity index (χ0n) is 16.9. The highest BCUT2D eigenvalue weighted by Gasteiger charge is 2.23. The molecule has 2 aromatic rings. The maximum Gasteiger partial charge on any atom is 0.412 e. The molecular weight excluding hydrogens is 378 g/mol. The van der Waals surface area contributed by atoms with Crippen LogP contribution in [0.15, 0.2) is 36.5 Å². The minimum atomic E-state index is -0.626. The Balaban J connectivity index is 2.22. The molecule has 0 aliphatic carbocycles. The number of aromatic nitrogens is 1. The molecule has 9 heteroatoms. The summed E-state index contributed by atoms with van der Waals surface area (Å²) < 4.78 is 16.6. The molecule has 1 N–H and O–H groups in total. The number of carbonyl (C=O) groups is 1. The predicted molar refractivity (Wildman–Crippen MR) is 108 cm³/mol. The maximum atomic E-state index is 11.9. The van der Waals surface area contributed by atoms with Crippen LogP contribution in [-0.4, -0.2) is 28.2 Å². The highest BCUT2D eigenvalue weighted by Crippen LogP contribution is 2.38. The molecule has 9 nitrogen and oxygen atoms in total. The van der Waals surface area contributed by atoms with Gasteiger partial charge in [0.15, 0.2) is 5.75 Å². The van der Waals surface area contributed by atoms with Gasteiger partial charge in [-0.1, -0.05) is 19.4 Å². The molecule has 0 bridgehead atoms. The number of hydrogen-bond donors (Lipinski definition) is 1. The molecule has 1 amide bonds. The second-order valence-electron chi connectivity index (χ2n) is 7.18. The summed E-state index contributed by atoms with van der Waals surface area (Å²) in [7, 11) is 0. The number of amides is 1. The van der Waals surface area contributed by atoms with Crippen molar-refractivity contribution in [2.45, 2.75) is 46.1 Å². The summed E-state index contributed by atoms with van der Waals surface area (Å²) in [5.74, 6) is 0.0784. The Kier molecular flexibility index (Phi) is 7.35. The largest absolute Gasteiger partial charge is 0.483 e. The van der Waals surface area contributed by atoms with E-state index < -0.39 is 22.4 Å². The molecule has 0 radical (unpaired) electrons. The van der Waals surface area contributed by atoms with Crippen LogP contribution in [0.4, 0.5) is 16.3 Å². The number of pyridine rings is 1. The SMILES string of the molecule is CCCCOc1c(Oc2cccc(NC(=O)OC(C)(C)C)c2)ccnc1[N+](=O)[O-]. The van der Waals surface area contributed by atoms with Gasteiger partial charge in [-0.2, -0.15) is 0 Å². The van der Waals surface area contributed by atoms with Crippen molar-refractivity contribution in [1.82, 2.24) is 4.98 Å². The highest BCUT2D eigenvalue weighted by molar-refractivity contribution is 5.85. The summed E-state index contributed by atoms with van der Waals surface area (Å²) in [6.45, 7) is 7.59. The van der Waals surface area contributed by atoms with E-state index in [1.165, 1.54) is 12.3 Å². The van der Waals surface area contributed by atoms with Gasteiger partial charge >= 0.3 is 11.9 Å². The average Bonchev–Trinajstić information content (AvgIpc) is 2.61. The minimum Gasteiger partial charge on any atom is -0.483 e. The molecule has 29 heavy (non-hydrogen) atoms. The van der Waals surface area contributed by atoms with Gasteiger partial charge in [0.05, 0.1) is 6.61 Å². The Morgan fingerprint density at radius 3 is 2.69 bits per heavy atom. The number of nitrogens with one attached hydrogen (secondary N) is 1. The standard InChI is InChI=1S/C20H25N3O6/c1-5-6-12-27-17-16(10-11-21-18(17)23(25)26)28-15-9-7-8-14(13-15)22-19(24)29-20(2,3)4/h7-11,13H,5-6,12H2,1-4H3,(H,22,24). The van der Waals surface area contributed by atoms with Gasteiger partial charge in [0.1, 0.15) is 17.5 Å². The Morgan fingerprint density at radius 2 is 2.03 bits per heavy atom. The first-order valence-corrected chi connectivity index (χ1v) is 9.23. The fourth-order valence-corrected chi connectivity index (χ4v) is 2.27. The Hall–Kier alpha value is -3.36. The van der Waals surface area contributed by atoms with Crippen molar-refractivity contribution in [3.63, 3.8) is 0 Å². The number of hydrogen-bond acceptors (Lipinski definition) is 7. The van der Waals surface area contributed by atoms with Gasteiger partial charge in [0, 0.05) is 17.8 Å². The first-order valence-electron chi connectivity index (χ1n) is 9.23. The summed E-state index contributed by atoms with van der Waals surface area (Å²) in [5.41, 5.74) is -0.174. The van der Waals surface area contributed by atoms with E-state index in [4.69, 9.17) is 14.2 Å². The van der Waals surface area contributed by atoms with E-state index in [2.05, 4.69) is 10.3 Å². The lowest BCUT2D eigenvalue weighted by Crippen LogP contribution is -2.27. The maximum absolute atomic E-state index is 11.9. The van der Waals surface area contributed by atoms with Crippen LogP contribution in [0.1, 0.15) is 40.5 Å². The smallest absolute Gasteiger partial charge is 0.412 e. The van der Waals surface area contributed by atoms with Gasteiger partial charge in [-0.25, -0.2) is 4.79 Å². The number of rotatable bonds is 8. The lowest BCUT2D eigenvalue weighted by atomic mass is 10.2. The van der Waals surface area contributed by atoms with Gasteiger partial charge in [-0.15, -0.1) is 0 Å². The third kappa shape index (κ3) is 6.95. The summed E-state index contributed by atoms with van der Waals surface area (Å²) in [6.07, 6.45) is 2.30. The van der Waals surface area contributed by atoms with Crippen LogP contribution < -0.4 is 14.8 Å². The first kappa shape index (κ1) is 21.9. The Labute approximate surface area is 169 Å². The summed E-state index contributed by atoms with van der Waals surface area (Å²) in [4.78, 5) is 26.4. The lowest BCUT2D eigenvalue weighted by molar-refractivity contribution is -0.390. The van der Waals surface area contributed by atoms with E-state index in [1.54, 1.807) is 45.0 Å².